The molecule has 0 aliphatic carbocycles. The van der Waals surface area contributed by atoms with Crippen molar-refractivity contribution in [2.75, 3.05) is 6.61 Å². The third-order valence-corrected chi connectivity index (χ3v) is 6.84. The van der Waals surface area contributed by atoms with Crippen LogP contribution < -0.4 is 5.73 Å². The number of rotatable bonds is 8. The molecule has 2 unspecified atom stereocenters. The first-order chi connectivity index (χ1) is 17.4. The van der Waals surface area contributed by atoms with Crippen molar-refractivity contribution >= 4 is 29.2 Å². The van der Waals surface area contributed by atoms with Gasteiger partial charge in [0.15, 0.2) is 0 Å². The minimum atomic E-state index is -0.767. The third-order valence-electron chi connectivity index (χ3n) is 6.61. The number of carbonyl (C=O) groups excluding carboxylic acids is 2. The number of benzene rings is 3. The molecule has 0 saturated heterocycles. The van der Waals surface area contributed by atoms with E-state index in [1.54, 1.807) is 32.0 Å². The van der Waals surface area contributed by atoms with E-state index in [0.717, 1.165) is 16.7 Å². The molecule has 1 aliphatic rings. The Hall–Kier alpha value is -3.70. The van der Waals surface area contributed by atoms with Crippen molar-refractivity contribution in [2.24, 2.45) is 16.6 Å². The Morgan fingerprint density at radius 1 is 0.944 bits per heavy atom. The molecule has 36 heavy (non-hydrogen) atoms. The van der Waals surface area contributed by atoms with E-state index >= 15 is 0 Å². The van der Waals surface area contributed by atoms with Crippen molar-refractivity contribution in [1.29, 1.82) is 0 Å². The van der Waals surface area contributed by atoms with Crippen LogP contribution in [0.25, 0.3) is 0 Å². The van der Waals surface area contributed by atoms with Crippen molar-refractivity contribution in [1.82, 2.24) is 0 Å². The maximum Gasteiger partial charge on any atom is 0.336 e. The number of hydrogen-bond acceptors (Lipinski definition) is 4. The smallest absolute Gasteiger partial charge is 0.336 e. The highest BCUT2D eigenvalue weighted by atomic mass is 35.5. The second-order valence-electron chi connectivity index (χ2n) is 8.96. The van der Waals surface area contributed by atoms with Crippen LogP contribution >= 0.6 is 11.6 Å². The average molecular weight is 501 g/mol. The fraction of sp³-hybridized carbons (Fsp3) is 0.233. The van der Waals surface area contributed by atoms with Gasteiger partial charge in [0.1, 0.15) is 0 Å². The first-order valence-electron chi connectivity index (χ1n) is 11.9. The van der Waals surface area contributed by atoms with Crippen LogP contribution in [0.1, 0.15) is 48.8 Å². The molecule has 3 aromatic carbocycles. The number of ether oxygens (including phenoxy) is 1. The Morgan fingerprint density at radius 2 is 1.56 bits per heavy atom. The Balaban J connectivity index is 1.59. The minimum absolute atomic E-state index is 0.0731. The number of nitrogens with two attached hydrogens (primary N) is 1. The number of allylic oxidation sites excluding steroid dienone is 1. The second kappa shape index (κ2) is 11.4. The molecule has 0 saturated carbocycles. The van der Waals surface area contributed by atoms with Gasteiger partial charge in [-0.3, -0.25) is 9.79 Å². The Labute approximate surface area is 216 Å². The SMILES string of the molecule is CC1=NC(C)=C(C(=O)OCCC(c2ccccc2)c2ccccc2)C(c2cccc(Cl)c2)C1C(N)=O. The van der Waals surface area contributed by atoms with Gasteiger partial charge in [-0.25, -0.2) is 4.79 Å². The van der Waals surface area contributed by atoms with E-state index in [9.17, 15) is 9.59 Å². The highest BCUT2D eigenvalue weighted by Crippen LogP contribution is 2.40. The summed E-state index contributed by atoms with van der Waals surface area (Å²) in [6.07, 6.45) is 0.607. The van der Waals surface area contributed by atoms with Gasteiger partial charge in [-0.15, -0.1) is 0 Å². The van der Waals surface area contributed by atoms with Crippen molar-refractivity contribution in [2.45, 2.75) is 32.1 Å². The van der Waals surface area contributed by atoms with Crippen LogP contribution in [0.15, 0.2) is 101 Å². The van der Waals surface area contributed by atoms with E-state index in [1.807, 2.05) is 42.5 Å². The summed E-state index contributed by atoms with van der Waals surface area (Å²) in [7, 11) is 0. The standard InChI is InChI=1S/C30H29ClN2O3/c1-19-26(29(32)34)28(23-14-9-15-24(31)18-23)27(20(2)33-19)30(35)36-17-16-25(21-10-5-3-6-11-21)22-12-7-4-8-13-22/h3-15,18,25-26,28H,16-17H2,1-2H3,(H2,32,34). The molecular formula is C30H29ClN2O3. The van der Waals surface area contributed by atoms with Crippen LogP contribution in [0, 0.1) is 5.92 Å². The van der Waals surface area contributed by atoms with Crippen molar-refractivity contribution in [3.8, 4) is 0 Å². The van der Waals surface area contributed by atoms with Gasteiger partial charge in [-0.1, -0.05) is 84.4 Å². The molecule has 1 amide bonds. The number of carbonyl (C=O) groups is 2. The summed E-state index contributed by atoms with van der Waals surface area (Å²) in [5, 5.41) is 0.509. The lowest BCUT2D eigenvalue weighted by atomic mass is 9.75. The molecule has 184 valence electrons. The number of aliphatic imine (C=N–C) groups is 1. The van der Waals surface area contributed by atoms with Gasteiger partial charge in [0.05, 0.1) is 18.1 Å². The largest absolute Gasteiger partial charge is 0.462 e. The summed E-state index contributed by atoms with van der Waals surface area (Å²) in [6.45, 7) is 3.71. The van der Waals surface area contributed by atoms with E-state index in [1.165, 1.54) is 0 Å². The molecule has 0 spiro atoms. The molecule has 2 N–H and O–H groups in total. The Bertz CT molecular complexity index is 1260. The van der Waals surface area contributed by atoms with E-state index in [0.29, 0.717) is 28.4 Å². The van der Waals surface area contributed by atoms with Gasteiger partial charge in [-0.2, -0.15) is 0 Å². The fourth-order valence-corrected chi connectivity index (χ4v) is 5.17. The maximum absolute atomic E-state index is 13.5. The van der Waals surface area contributed by atoms with Gasteiger partial charge in [0.2, 0.25) is 5.91 Å². The zero-order chi connectivity index (χ0) is 25.7. The summed E-state index contributed by atoms with van der Waals surface area (Å²) in [4.78, 5) is 30.4. The summed E-state index contributed by atoms with van der Waals surface area (Å²) in [5.41, 5.74) is 10.2. The van der Waals surface area contributed by atoms with E-state index in [4.69, 9.17) is 22.1 Å². The lowest BCUT2D eigenvalue weighted by Gasteiger charge is -2.31. The minimum Gasteiger partial charge on any atom is -0.462 e. The Morgan fingerprint density at radius 3 is 2.11 bits per heavy atom. The lowest BCUT2D eigenvalue weighted by molar-refractivity contribution is -0.139. The predicted molar refractivity (Wildman–Crippen MR) is 143 cm³/mol. The molecule has 2 atom stereocenters. The van der Waals surface area contributed by atoms with Gasteiger partial charge in [-0.05, 0) is 49.1 Å². The van der Waals surface area contributed by atoms with Gasteiger partial charge < -0.3 is 10.5 Å². The van der Waals surface area contributed by atoms with Gasteiger partial charge >= 0.3 is 5.97 Å². The second-order valence-corrected chi connectivity index (χ2v) is 9.40. The van der Waals surface area contributed by atoms with Crippen LogP contribution in [-0.2, 0) is 14.3 Å². The zero-order valence-corrected chi connectivity index (χ0v) is 21.1. The quantitative estimate of drug-likeness (QED) is 0.383. The van der Waals surface area contributed by atoms with E-state index < -0.39 is 23.7 Å². The van der Waals surface area contributed by atoms with Crippen LogP contribution in [0.5, 0.6) is 0 Å². The number of nitrogens with zero attached hydrogens (tertiary/aromatic N) is 1. The van der Waals surface area contributed by atoms with Crippen molar-refractivity contribution in [3.63, 3.8) is 0 Å². The highest BCUT2D eigenvalue weighted by Gasteiger charge is 2.40. The van der Waals surface area contributed by atoms with Crippen LogP contribution in [0.3, 0.4) is 0 Å². The number of esters is 1. The van der Waals surface area contributed by atoms with Gasteiger partial charge in [0, 0.05) is 28.3 Å². The Kier molecular flexibility index (Phi) is 8.01. The van der Waals surface area contributed by atoms with Crippen LogP contribution in [-0.4, -0.2) is 24.2 Å². The first-order valence-corrected chi connectivity index (χ1v) is 12.3. The summed E-state index contributed by atoms with van der Waals surface area (Å²) in [6, 6.07) is 27.4. The molecule has 1 aliphatic heterocycles. The number of halogens is 1. The summed E-state index contributed by atoms with van der Waals surface area (Å²) >= 11 is 6.25. The average Bonchev–Trinajstić information content (AvgIpc) is 2.87. The molecule has 0 aromatic heterocycles. The molecule has 0 fully saturated rings. The lowest BCUT2D eigenvalue weighted by Crippen LogP contribution is -2.39. The summed E-state index contributed by atoms with van der Waals surface area (Å²) < 4.78 is 5.82. The molecule has 4 rings (SSSR count). The number of hydrogen-bond donors (Lipinski definition) is 1. The molecular weight excluding hydrogens is 472 g/mol. The van der Waals surface area contributed by atoms with Crippen molar-refractivity contribution in [3.05, 3.63) is 118 Å². The maximum atomic E-state index is 13.5. The van der Waals surface area contributed by atoms with Gasteiger partial charge in [0.25, 0.3) is 0 Å². The number of amides is 1. The van der Waals surface area contributed by atoms with Crippen molar-refractivity contribution < 1.29 is 14.3 Å². The fourth-order valence-electron chi connectivity index (χ4n) is 4.97. The topological polar surface area (TPSA) is 81.8 Å². The van der Waals surface area contributed by atoms with E-state index in [2.05, 4.69) is 29.3 Å². The zero-order valence-electron chi connectivity index (χ0n) is 20.4. The van der Waals surface area contributed by atoms with E-state index in [-0.39, 0.29) is 12.5 Å². The predicted octanol–water partition coefficient (Wildman–Crippen LogP) is 6.04. The normalized spacial score (nSPS) is 17.6. The highest BCUT2D eigenvalue weighted by molar-refractivity contribution is 6.30. The molecule has 6 heteroatoms. The summed E-state index contributed by atoms with van der Waals surface area (Å²) in [5.74, 6) is -2.36. The molecule has 0 bridgehead atoms. The van der Waals surface area contributed by atoms with Crippen LogP contribution in [0.2, 0.25) is 5.02 Å². The first kappa shape index (κ1) is 25.4. The third kappa shape index (κ3) is 5.58. The molecule has 5 nitrogen and oxygen atoms in total. The van der Waals surface area contributed by atoms with Crippen LogP contribution in [0.4, 0.5) is 0 Å². The number of primary amides is 1. The molecule has 0 radical (unpaired) electrons. The monoisotopic (exact) mass is 500 g/mol. The molecule has 1 heterocycles. The molecule has 3 aromatic rings.